The Labute approximate surface area is 155 Å². The number of aryl methyl sites for hydroxylation is 2. The van der Waals surface area contributed by atoms with Gasteiger partial charge in [0, 0.05) is 32.1 Å². The fourth-order valence-corrected chi connectivity index (χ4v) is 4.56. The number of aromatic amines is 1. The molecule has 0 aliphatic heterocycles. The molecular weight excluding hydrogens is 338 g/mol. The topological polar surface area (TPSA) is 41.6 Å². The van der Waals surface area contributed by atoms with E-state index < -0.39 is 0 Å². The molecule has 26 heavy (non-hydrogen) atoms. The van der Waals surface area contributed by atoms with Gasteiger partial charge in [-0.25, -0.2) is 0 Å². The standard InChI is InChI=1S/C22H17N3S/c1-13-12-23-19(20-9-14(2)24-25-20)11-18(13)15-7-8-17-16-5-3-4-6-21(16)26-22(17)10-15/h3-12H,1-2H3,(H,24,25). The average molecular weight is 355 g/mol. The summed E-state index contributed by atoms with van der Waals surface area (Å²) in [5.41, 5.74) is 6.41. The van der Waals surface area contributed by atoms with Crippen LogP contribution in [0.4, 0.5) is 0 Å². The zero-order valence-corrected chi connectivity index (χ0v) is 15.4. The monoisotopic (exact) mass is 355 g/mol. The van der Waals surface area contributed by atoms with Gasteiger partial charge in [-0.05, 0) is 54.8 Å². The van der Waals surface area contributed by atoms with E-state index in [4.69, 9.17) is 0 Å². The molecule has 5 aromatic rings. The van der Waals surface area contributed by atoms with Crippen molar-refractivity contribution in [3.8, 4) is 22.5 Å². The molecule has 3 nitrogen and oxygen atoms in total. The van der Waals surface area contributed by atoms with Crippen LogP contribution in [0.15, 0.2) is 60.8 Å². The van der Waals surface area contributed by atoms with Crippen LogP contribution >= 0.6 is 11.3 Å². The van der Waals surface area contributed by atoms with Crippen LogP contribution in [0, 0.1) is 13.8 Å². The molecule has 0 unspecified atom stereocenters. The lowest BCUT2D eigenvalue weighted by atomic mass is 9.99. The first-order chi connectivity index (χ1) is 12.7. The maximum absolute atomic E-state index is 4.57. The molecule has 0 amide bonds. The molecule has 1 N–H and O–H groups in total. The molecule has 0 saturated heterocycles. The van der Waals surface area contributed by atoms with E-state index in [0.717, 1.165) is 17.1 Å². The lowest BCUT2D eigenvalue weighted by molar-refractivity contribution is 1.04. The Kier molecular flexibility index (Phi) is 3.40. The Morgan fingerprint density at radius 3 is 2.54 bits per heavy atom. The Bertz CT molecular complexity index is 1260. The molecule has 0 atom stereocenters. The van der Waals surface area contributed by atoms with Crippen molar-refractivity contribution in [1.82, 2.24) is 15.2 Å². The van der Waals surface area contributed by atoms with Crippen molar-refractivity contribution >= 4 is 31.5 Å². The van der Waals surface area contributed by atoms with Gasteiger partial charge in [0.15, 0.2) is 0 Å². The third-order valence-electron chi connectivity index (χ3n) is 4.76. The number of thiophene rings is 1. The second-order valence-corrected chi connectivity index (χ2v) is 7.71. The summed E-state index contributed by atoms with van der Waals surface area (Å²) in [4.78, 5) is 4.57. The minimum atomic E-state index is 0.881. The van der Waals surface area contributed by atoms with Crippen LogP contribution in [0.3, 0.4) is 0 Å². The van der Waals surface area contributed by atoms with Gasteiger partial charge in [0.25, 0.3) is 0 Å². The van der Waals surface area contributed by atoms with Crippen molar-refractivity contribution in [1.29, 1.82) is 0 Å². The molecule has 126 valence electrons. The van der Waals surface area contributed by atoms with E-state index in [1.807, 2.05) is 30.5 Å². The fraction of sp³-hybridized carbons (Fsp3) is 0.0909. The van der Waals surface area contributed by atoms with Gasteiger partial charge in [-0.15, -0.1) is 11.3 Å². The lowest BCUT2D eigenvalue weighted by Gasteiger charge is -2.08. The highest BCUT2D eigenvalue weighted by atomic mass is 32.1. The van der Waals surface area contributed by atoms with E-state index >= 15 is 0 Å². The number of H-pyrrole nitrogens is 1. The summed E-state index contributed by atoms with van der Waals surface area (Å²) in [6, 6.07) is 19.5. The van der Waals surface area contributed by atoms with Gasteiger partial charge in [-0.1, -0.05) is 30.3 Å². The molecular formula is C22H17N3S. The van der Waals surface area contributed by atoms with Crippen molar-refractivity contribution in [3.05, 3.63) is 72.1 Å². The van der Waals surface area contributed by atoms with Crippen molar-refractivity contribution in [2.75, 3.05) is 0 Å². The Morgan fingerprint density at radius 1 is 0.846 bits per heavy atom. The van der Waals surface area contributed by atoms with Crippen molar-refractivity contribution in [2.45, 2.75) is 13.8 Å². The highest BCUT2D eigenvalue weighted by Crippen LogP contribution is 2.37. The molecule has 2 aromatic carbocycles. The number of rotatable bonds is 2. The summed E-state index contributed by atoms with van der Waals surface area (Å²) in [7, 11) is 0. The normalized spacial score (nSPS) is 11.5. The molecule has 0 saturated carbocycles. The number of hydrogen-bond donors (Lipinski definition) is 1. The smallest absolute Gasteiger partial charge is 0.111 e. The van der Waals surface area contributed by atoms with Gasteiger partial charge >= 0.3 is 0 Å². The van der Waals surface area contributed by atoms with Crippen LogP contribution in [0.2, 0.25) is 0 Å². The summed E-state index contributed by atoms with van der Waals surface area (Å²) in [6.07, 6.45) is 1.93. The quantitative estimate of drug-likeness (QED) is 0.414. The lowest BCUT2D eigenvalue weighted by Crippen LogP contribution is -1.90. The van der Waals surface area contributed by atoms with E-state index in [-0.39, 0.29) is 0 Å². The van der Waals surface area contributed by atoms with Gasteiger partial charge in [-0.3, -0.25) is 10.1 Å². The number of pyridine rings is 1. The van der Waals surface area contributed by atoms with Crippen LogP contribution in [0.25, 0.3) is 42.7 Å². The zero-order chi connectivity index (χ0) is 17.7. The summed E-state index contributed by atoms with van der Waals surface area (Å²) >= 11 is 1.85. The van der Waals surface area contributed by atoms with Crippen LogP contribution in [-0.2, 0) is 0 Å². The predicted octanol–water partition coefficient (Wildman–Crippen LogP) is 6.12. The van der Waals surface area contributed by atoms with Crippen LogP contribution in [0.5, 0.6) is 0 Å². The molecule has 0 fully saturated rings. The molecule has 0 bridgehead atoms. The Morgan fingerprint density at radius 2 is 1.69 bits per heavy atom. The first kappa shape index (κ1) is 15.3. The van der Waals surface area contributed by atoms with Gasteiger partial charge < -0.3 is 0 Å². The van der Waals surface area contributed by atoms with Crippen LogP contribution in [0.1, 0.15) is 11.3 Å². The second-order valence-electron chi connectivity index (χ2n) is 6.63. The molecule has 5 rings (SSSR count). The van der Waals surface area contributed by atoms with Crippen molar-refractivity contribution in [3.63, 3.8) is 0 Å². The highest BCUT2D eigenvalue weighted by Gasteiger charge is 2.11. The number of hydrogen-bond acceptors (Lipinski definition) is 3. The number of fused-ring (bicyclic) bond motifs is 3. The van der Waals surface area contributed by atoms with Gasteiger partial charge in [0.1, 0.15) is 5.69 Å². The fourth-order valence-electron chi connectivity index (χ4n) is 3.42. The minimum Gasteiger partial charge on any atom is -0.282 e. The van der Waals surface area contributed by atoms with E-state index in [1.165, 1.54) is 36.9 Å². The number of nitrogens with one attached hydrogen (secondary N) is 1. The SMILES string of the molecule is Cc1cc(-c2cc(-c3ccc4c(c3)sc3ccccc34)c(C)cn2)n[nH]1. The van der Waals surface area contributed by atoms with Crippen molar-refractivity contribution < 1.29 is 0 Å². The summed E-state index contributed by atoms with van der Waals surface area (Å²) in [5, 5.41) is 9.99. The third kappa shape index (κ3) is 2.42. The van der Waals surface area contributed by atoms with E-state index in [9.17, 15) is 0 Å². The Balaban J connectivity index is 1.68. The number of aromatic nitrogens is 3. The average Bonchev–Trinajstić information content (AvgIpc) is 3.25. The van der Waals surface area contributed by atoms with E-state index in [0.29, 0.717) is 0 Å². The van der Waals surface area contributed by atoms with E-state index in [2.05, 4.69) is 70.6 Å². The maximum atomic E-state index is 4.57. The molecule has 3 aromatic heterocycles. The molecule has 0 aliphatic carbocycles. The molecule has 0 aliphatic rings. The maximum Gasteiger partial charge on any atom is 0.111 e. The molecule has 4 heteroatoms. The largest absolute Gasteiger partial charge is 0.282 e. The van der Waals surface area contributed by atoms with Crippen LogP contribution < -0.4 is 0 Å². The van der Waals surface area contributed by atoms with Crippen molar-refractivity contribution in [2.24, 2.45) is 0 Å². The first-order valence-electron chi connectivity index (χ1n) is 8.60. The summed E-state index contributed by atoms with van der Waals surface area (Å²) < 4.78 is 2.65. The van der Waals surface area contributed by atoms with Gasteiger partial charge in [0.05, 0.1) is 5.69 Å². The molecule has 0 spiro atoms. The highest BCUT2D eigenvalue weighted by molar-refractivity contribution is 7.25. The van der Waals surface area contributed by atoms with Gasteiger partial charge in [0.2, 0.25) is 0 Å². The predicted molar refractivity (Wildman–Crippen MR) is 110 cm³/mol. The molecule has 0 radical (unpaired) electrons. The number of benzene rings is 2. The minimum absolute atomic E-state index is 0.881. The van der Waals surface area contributed by atoms with Crippen LogP contribution in [-0.4, -0.2) is 15.2 Å². The number of nitrogens with zero attached hydrogens (tertiary/aromatic N) is 2. The van der Waals surface area contributed by atoms with E-state index in [1.54, 1.807) is 0 Å². The summed E-state index contributed by atoms with van der Waals surface area (Å²) in [6.45, 7) is 4.11. The Hall–Kier alpha value is -2.98. The first-order valence-corrected chi connectivity index (χ1v) is 9.41. The molecule has 3 heterocycles. The zero-order valence-electron chi connectivity index (χ0n) is 14.6. The third-order valence-corrected chi connectivity index (χ3v) is 5.89. The second kappa shape index (κ2) is 5.78. The summed E-state index contributed by atoms with van der Waals surface area (Å²) in [5.74, 6) is 0. The van der Waals surface area contributed by atoms with Gasteiger partial charge in [-0.2, -0.15) is 5.10 Å².